The van der Waals surface area contributed by atoms with Gasteiger partial charge in [-0.15, -0.1) is 0 Å². The molecule has 1 aliphatic rings. The Morgan fingerprint density at radius 2 is 1.67 bits per heavy atom. The molecule has 0 aliphatic carbocycles. The van der Waals surface area contributed by atoms with Crippen LogP contribution in [-0.4, -0.2) is 30.4 Å². The molecule has 0 bridgehead atoms. The molecule has 1 saturated heterocycles. The molecular formula is C15H31N3. The van der Waals surface area contributed by atoms with Crippen LogP contribution in [0, 0.1) is 22.2 Å². The van der Waals surface area contributed by atoms with Crippen molar-refractivity contribution in [1.82, 2.24) is 4.90 Å². The average Bonchev–Trinajstić information content (AvgIpc) is 2.25. The van der Waals surface area contributed by atoms with Gasteiger partial charge in [0.2, 0.25) is 0 Å². The molecule has 0 unspecified atom stereocenters. The molecule has 1 rings (SSSR count). The van der Waals surface area contributed by atoms with Gasteiger partial charge in [0.25, 0.3) is 0 Å². The molecular weight excluding hydrogens is 222 g/mol. The zero-order chi connectivity index (χ0) is 14.0. The molecule has 0 aromatic carbocycles. The number of nitrogens with zero attached hydrogens (tertiary/aromatic N) is 1. The monoisotopic (exact) mass is 253 g/mol. The van der Waals surface area contributed by atoms with Gasteiger partial charge in [0.1, 0.15) is 0 Å². The van der Waals surface area contributed by atoms with Crippen LogP contribution in [0.4, 0.5) is 0 Å². The molecule has 0 amide bonds. The number of rotatable bonds is 4. The number of likely N-dealkylation sites (tertiary alicyclic amines) is 1. The molecule has 3 nitrogen and oxygen atoms in total. The van der Waals surface area contributed by atoms with Gasteiger partial charge in [-0.1, -0.05) is 34.6 Å². The smallest absolute Gasteiger partial charge is 0.0963 e. The van der Waals surface area contributed by atoms with Gasteiger partial charge >= 0.3 is 0 Å². The van der Waals surface area contributed by atoms with E-state index in [0.29, 0.717) is 11.3 Å². The van der Waals surface area contributed by atoms with Gasteiger partial charge in [0.15, 0.2) is 0 Å². The van der Waals surface area contributed by atoms with Crippen molar-refractivity contribution in [3.05, 3.63) is 0 Å². The molecule has 0 saturated carbocycles. The van der Waals surface area contributed by atoms with Crippen LogP contribution in [0.25, 0.3) is 0 Å². The predicted molar refractivity (Wildman–Crippen MR) is 78.9 cm³/mol. The largest absolute Gasteiger partial charge is 0.387 e. The molecule has 0 atom stereocenters. The summed E-state index contributed by atoms with van der Waals surface area (Å²) in [6.45, 7) is 14.7. The molecule has 106 valence electrons. The average molecular weight is 253 g/mol. The van der Waals surface area contributed by atoms with Gasteiger partial charge < -0.3 is 10.6 Å². The molecule has 0 radical (unpaired) electrons. The minimum Gasteiger partial charge on any atom is -0.387 e. The normalized spacial score (nSPS) is 20.1. The van der Waals surface area contributed by atoms with Crippen LogP contribution in [-0.2, 0) is 0 Å². The third-order valence-electron chi connectivity index (χ3n) is 4.59. The Kier molecular flexibility index (Phi) is 4.82. The van der Waals surface area contributed by atoms with E-state index >= 15 is 0 Å². The van der Waals surface area contributed by atoms with Crippen LogP contribution in [0.3, 0.4) is 0 Å². The first-order chi connectivity index (χ1) is 8.13. The fraction of sp³-hybridized carbons (Fsp3) is 0.933. The zero-order valence-corrected chi connectivity index (χ0v) is 12.8. The van der Waals surface area contributed by atoms with E-state index in [0.717, 1.165) is 18.9 Å². The minimum absolute atomic E-state index is 0.152. The summed E-state index contributed by atoms with van der Waals surface area (Å²) in [5.74, 6) is 1.17. The van der Waals surface area contributed by atoms with Crippen molar-refractivity contribution in [3.8, 4) is 0 Å². The number of amidine groups is 1. The number of nitrogens with two attached hydrogens (primary N) is 1. The van der Waals surface area contributed by atoms with Crippen LogP contribution in [0.1, 0.15) is 53.9 Å². The van der Waals surface area contributed by atoms with Crippen molar-refractivity contribution in [1.29, 1.82) is 5.41 Å². The van der Waals surface area contributed by atoms with Crippen molar-refractivity contribution >= 4 is 5.84 Å². The lowest BCUT2D eigenvalue weighted by atomic mass is 9.75. The Morgan fingerprint density at radius 3 is 2.06 bits per heavy atom. The Labute approximate surface area is 113 Å². The maximum Gasteiger partial charge on any atom is 0.0963 e. The van der Waals surface area contributed by atoms with Crippen LogP contribution in [0.5, 0.6) is 0 Å². The summed E-state index contributed by atoms with van der Waals surface area (Å²) in [5.41, 5.74) is 5.93. The second kappa shape index (κ2) is 5.60. The third-order valence-corrected chi connectivity index (χ3v) is 4.59. The van der Waals surface area contributed by atoms with Crippen molar-refractivity contribution in [2.45, 2.75) is 53.9 Å². The predicted octanol–water partition coefficient (Wildman–Crippen LogP) is 3.10. The first-order valence-corrected chi connectivity index (χ1v) is 7.20. The van der Waals surface area contributed by atoms with Gasteiger partial charge in [-0.2, -0.15) is 0 Å². The summed E-state index contributed by atoms with van der Waals surface area (Å²) in [4.78, 5) is 2.53. The maximum absolute atomic E-state index is 7.59. The molecule has 0 aromatic rings. The first kappa shape index (κ1) is 15.5. The Hall–Kier alpha value is -0.570. The maximum atomic E-state index is 7.59. The highest BCUT2D eigenvalue weighted by atomic mass is 15.1. The molecule has 0 aromatic heterocycles. The SMILES string of the molecule is CC(C)(CCN1CCC(C(C)(C)C)CC1)C(=N)N. The summed E-state index contributed by atoms with van der Waals surface area (Å²) in [6.07, 6.45) is 3.61. The lowest BCUT2D eigenvalue weighted by Crippen LogP contribution is -2.41. The molecule has 3 N–H and O–H groups in total. The quantitative estimate of drug-likeness (QED) is 0.597. The second-order valence-corrected chi connectivity index (χ2v) is 7.53. The highest BCUT2D eigenvalue weighted by Gasteiger charge is 2.29. The molecule has 1 aliphatic heterocycles. The fourth-order valence-corrected chi connectivity index (χ4v) is 2.59. The van der Waals surface area contributed by atoms with E-state index in [2.05, 4.69) is 39.5 Å². The zero-order valence-electron chi connectivity index (χ0n) is 12.8. The lowest BCUT2D eigenvalue weighted by molar-refractivity contribution is 0.107. The summed E-state index contributed by atoms with van der Waals surface area (Å²) >= 11 is 0. The molecule has 18 heavy (non-hydrogen) atoms. The molecule has 1 heterocycles. The van der Waals surface area contributed by atoms with Crippen LogP contribution < -0.4 is 5.73 Å². The summed E-state index contributed by atoms with van der Waals surface area (Å²) in [7, 11) is 0. The van der Waals surface area contributed by atoms with Gasteiger partial charge in [-0.05, 0) is 50.2 Å². The fourth-order valence-electron chi connectivity index (χ4n) is 2.59. The van der Waals surface area contributed by atoms with Crippen LogP contribution >= 0.6 is 0 Å². The Bertz CT molecular complexity index is 281. The van der Waals surface area contributed by atoms with Crippen molar-refractivity contribution < 1.29 is 0 Å². The van der Waals surface area contributed by atoms with Crippen LogP contribution in [0.15, 0.2) is 0 Å². The van der Waals surface area contributed by atoms with Gasteiger partial charge in [0.05, 0.1) is 5.84 Å². The molecule has 0 spiro atoms. The topological polar surface area (TPSA) is 53.1 Å². The first-order valence-electron chi connectivity index (χ1n) is 7.20. The summed E-state index contributed by atoms with van der Waals surface area (Å²) in [5, 5.41) is 7.59. The van der Waals surface area contributed by atoms with Crippen molar-refractivity contribution in [2.75, 3.05) is 19.6 Å². The molecule has 3 heteroatoms. The van der Waals surface area contributed by atoms with Crippen LogP contribution in [0.2, 0.25) is 0 Å². The summed E-state index contributed by atoms with van der Waals surface area (Å²) in [6, 6.07) is 0. The van der Waals surface area contributed by atoms with Gasteiger partial charge in [-0.3, -0.25) is 5.41 Å². The van der Waals surface area contributed by atoms with E-state index in [1.54, 1.807) is 0 Å². The summed E-state index contributed by atoms with van der Waals surface area (Å²) < 4.78 is 0. The highest BCUT2D eigenvalue weighted by molar-refractivity contribution is 5.82. The number of piperidine rings is 1. The lowest BCUT2D eigenvalue weighted by Gasteiger charge is -2.39. The third kappa shape index (κ3) is 4.27. The van der Waals surface area contributed by atoms with E-state index < -0.39 is 0 Å². The Balaban J connectivity index is 2.35. The van der Waals surface area contributed by atoms with Crippen molar-refractivity contribution in [3.63, 3.8) is 0 Å². The number of hydrogen-bond donors (Lipinski definition) is 2. The molecule has 1 fully saturated rings. The van der Waals surface area contributed by atoms with E-state index in [4.69, 9.17) is 11.1 Å². The van der Waals surface area contributed by atoms with E-state index in [1.807, 2.05) is 0 Å². The van der Waals surface area contributed by atoms with E-state index in [1.165, 1.54) is 25.9 Å². The number of hydrogen-bond acceptors (Lipinski definition) is 2. The minimum atomic E-state index is -0.152. The van der Waals surface area contributed by atoms with Gasteiger partial charge in [-0.25, -0.2) is 0 Å². The highest BCUT2D eigenvalue weighted by Crippen LogP contribution is 2.34. The van der Waals surface area contributed by atoms with Crippen molar-refractivity contribution in [2.24, 2.45) is 22.5 Å². The van der Waals surface area contributed by atoms with E-state index in [9.17, 15) is 0 Å². The standard InChI is InChI=1S/C15H31N3/c1-14(2,3)12-6-9-18(10-7-12)11-8-15(4,5)13(16)17/h12H,6-11H2,1-5H3,(H3,16,17). The second-order valence-electron chi connectivity index (χ2n) is 7.53. The number of nitrogens with one attached hydrogen (secondary N) is 1. The van der Waals surface area contributed by atoms with E-state index in [-0.39, 0.29) is 5.41 Å². The Morgan fingerprint density at radius 1 is 1.17 bits per heavy atom. The van der Waals surface area contributed by atoms with Gasteiger partial charge in [0, 0.05) is 5.41 Å².